The fourth-order valence-electron chi connectivity index (χ4n) is 1.37. The number of hydrogen-bond donors (Lipinski definition) is 2. The molecule has 1 aromatic rings. The van der Waals surface area contributed by atoms with Gasteiger partial charge in [-0.3, -0.25) is 0 Å². The molecule has 6 nitrogen and oxygen atoms in total. The number of hydrogen-bond acceptors (Lipinski definition) is 5. The zero-order valence-electron chi connectivity index (χ0n) is 10.3. The van der Waals surface area contributed by atoms with E-state index < -0.39 is 25.7 Å². The van der Waals surface area contributed by atoms with Gasteiger partial charge in [0, 0.05) is 12.8 Å². The van der Waals surface area contributed by atoms with E-state index in [2.05, 4.69) is 5.32 Å². The average molecular weight is 310 g/mol. The smallest absolute Gasteiger partial charge is 0.238 e. The van der Waals surface area contributed by atoms with Crippen molar-refractivity contribution < 1.29 is 21.2 Å². The summed E-state index contributed by atoms with van der Waals surface area (Å²) in [6.07, 6.45) is 1.45. The van der Waals surface area contributed by atoms with Crippen molar-refractivity contribution in [3.05, 3.63) is 24.0 Å². The van der Waals surface area contributed by atoms with Crippen molar-refractivity contribution in [2.75, 3.05) is 23.9 Å². The Hall–Kier alpha value is -1.19. The highest BCUT2D eigenvalue weighted by atomic mass is 32.2. The monoisotopic (exact) mass is 310 g/mol. The van der Waals surface area contributed by atoms with Gasteiger partial charge in [0.25, 0.3) is 0 Å². The molecule has 108 valence electrons. The lowest BCUT2D eigenvalue weighted by Crippen LogP contribution is -2.13. The van der Waals surface area contributed by atoms with Gasteiger partial charge in [-0.25, -0.2) is 26.4 Å². The van der Waals surface area contributed by atoms with Crippen molar-refractivity contribution in [1.29, 1.82) is 0 Å². The average Bonchev–Trinajstić information content (AvgIpc) is 2.23. The van der Waals surface area contributed by atoms with E-state index >= 15 is 0 Å². The van der Waals surface area contributed by atoms with E-state index in [1.165, 1.54) is 12.1 Å². The van der Waals surface area contributed by atoms with Crippen LogP contribution in [0, 0.1) is 5.82 Å². The number of halogens is 1. The van der Waals surface area contributed by atoms with E-state index in [9.17, 15) is 21.2 Å². The number of rotatable bonds is 6. The molecule has 0 amide bonds. The molecule has 0 aliphatic rings. The Bertz CT molecular complexity index is 656. The van der Waals surface area contributed by atoms with Crippen LogP contribution in [0.4, 0.5) is 10.1 Å². The lowest BCUT2D eigenvalue weighted by atomic mass is 10.3. The standard InChI is InChI=1S/C10H15FN2O4S2/c1-18(14,15)6-2-5-13-10-4-3-8(7-9(10)11)19(12,16)17/h3-4,7,13H,2,5-6H2,1H3,(H2,12,16,17). The molecule has 0 unspecified atom stereocenters. The first kappa shape index (κ1) is 15.9. The van der Waals surface area contributed by atoms with Crippen LogP contribution >= 0.6 is 0 Å². The van der Waals surface area contributed by atoms with Gasteiger partial charge in [0.15, 0.2) is 0 Å². The van der Waals surface area contributed by atoms with Crippen LogP contribution in [-0.4, -0.2) is 35.4 Å². The third-order valence-corrected chi connectivity index (χ3v) is 4.22. The first-order valence-electron chi connectivity index (χ1n) is 5.33. The van der Waals surface area contributed by atoms with Crippen molar-refractivity contribution in [3.63, 3.8) is 0 Å². The number of nitrogens with one attached hydrogen (secondary N) is 1. The first-order valence-corrected chi connectivity index (χ1v) is 8.94. The van der Waals surface area contributed by atoms with Gasteiger partial charge in [-0.15, -0.1) is 0 Å². The first-order chi connectivity index (χ1) is 8.59. The quantitative estimate of drug-likeness (QED) is 0.736. The molecule has 0 saturated carbocycles. The number of nitrogens with two attached hydrogens (primary N) is 1. The van der Waals surface area contributed by atoms with Crippen LogP contribution in [0.3, 0.4) is 0 Å². The molecule has 0 atom stereocenters. The topological polar surface area (TPSA) is 106 Å². The van der Waals surface area contributed by atoms with Gasteiger partial charge in [-0.2, -0.15) is 0 Å². The highest BCUT2D eigenvalue weighted by Gasteiger charge is 2.11. The zero-order valence-corrected chi connectivity index (χ0v) is 11.9. The Morgan fingerprint density at radius 1 is 1.26 bits per heavy atom. The Kier molecular flexibility index (Phi) is 4.88. The highest BCUT2D eigenvalue weighted by Crippen LogP contribution is 2.18. The summed E-state index contributed by atoms with van der Waals surface area (Å²) in [4.78, 5) is -0.313. The molecule has 1 aromatic carbocycles. The fraction of sp³-hybridized carbons (Fsp3) is 0.400. The van der Waals surface area contributed by atoms with Crippen molar-refractivity contribution in [2.24, 2.45) is 5.14 Å². The van der Waals surface area contributed by atoms with Gasteiger partial charge in [0.1, 0.15) is 15.7 Å². The summed E-state index contributed by atoms with van der Waals surface area (Å²) in [5.74, 6) is -0.762. The molecule has 0 heterocycles. The maximum absolute atomic E-state index is 13.5. The predicted octanol–water partition coefficient (Wildman–Crippen LogP) is 0.320. The lowest BCUT2D eigenvalue weighted by Gasteiger charge is -2.08. The molecular weight excluding hydrogens is 295 g/mol. The Balaban J connectivity index is 2.66. The number of benzene rings is 1. The molecule has 0 aliphatic carbocycles. The summed E-state index contributed by atoms with van der Waals surface area (Å²) >= 11 is 0. The SMILES string of the molecule is CS(=O)(=O)CCCNc1ccc(S(N)(=O)=O)cc1F. The van der Waals surface area contributed by atoms with E-state index in [-0.39, 0.29) is 22.9 Å². The Morgan fingerprint density at radius 3 is 2.37 bits per heavy atom. The molecular formula is C10H15FN2O4S2. The van der Waals surface area contributed by atoms with Gasteiger partial charge in [0.2, 0.25) is 10.0 Å². The summed E-state index contributed by atoms with van der Waals surface area (Å²) in [6, 6.07) is 3.24. The molecule has 19 heavy (non-hydrogen) atoms. The van der Waals surface area contributed by atoms with Crippen LogP contribution in [0.1, 0.15) is 6.42 Å². The van der Waals surface area contributed by atoms with E-state index in [1.54, 1.807) is 0 Å². The van der Waals surface area contributed by atoms with E-state index in [0.717, 1.165) is 12.3 Å². The molecule has 0 fully saturated rings. The number of sulfone groups is 1. The molecule has 0 aliphatic heterocycles. The summed E-state index contributed by atoms with van der Waals surface area (Å²) < 4.78 is 57.3. The second-order valence-corrected chi connectivity index (χ2v) is 7.92. The maximum Gasteiger partial charge on any atom is 0.238 e. The summed E-state index contributed by atoms with van der Waals surface area (Å²) in [7, 11) is -6.98. The molecule has 0 spiro atoms. The highest BCUT2D eigenvalue weighted by molar-refractivity contribution is 7.90. The van der Waals surface area contributed by atoms with E-state index in [0.29, 0.717) is 6.42 Å². The third kappa shape index (κ3) is 5.53. The van der Waals surface area contributed by atoms with Crippen LogP contribution in [0.2, 0.25) is 0 Å². The molecule has 0 aromatic heterocycles. The van der Waals surface area contributed by atoms with Gasteiger partial charge in [-0.05, 0) is 24.6 Å². The molecule has 0 radical (unpaired) electrons. The largest absolute Gasteiger partial charge is 0.383 e. The minimum atomic E-state index is -3.93. The fourth-order valence-corrected chi connectivity index (χ4v) is 2.57. The van der Waals surface area contributed by atoms with Gasteiger partial charge in [-0.1, -0.05) is 0 Å². The third-order valence-electron chi connectivity index (χ3n) is 2.28. The molecule has 1 rings (SSSR count). The zero-order chi connectivity index (χ0) is 14.7. The Morgan fingerprint density at radius 2 is 1.89 bits per heavy atom. The molecule has 9 heteroatoms. The van der Waals surface area contributed by atoms with Crippen LogP contribution < -0.4 is 10.5 Å². The van der Waals surface area contributed by atoms with Crippen LogP contribution in [-0.2, 0) is 19.9 Å². The normalized spacial score (nSPS) is 12.4. The van der Waals surface area contributed by atoms with Gasteiger partial charge >= 0.3 is 0 Å². The number of sulfonamides is 1. The van der Waals surface area contributed by atoms with Crippen LogP contribution in [0.25, 0.3) is 0 Å². The summed E-state index contributed by atoms with van der Waals surface area (Å²) in [6.45, 7) is 0.263. The van der Waals surface area contributed by atoms with E-state index in [4.69, 9.17) is 5.14 Å². The second-order valence-electron chi connectivity index (χ2n) is 4.10. The molecule has 3 N–H and O–H groups in total. The number of anilines is 1. The minimum Gasteiger partial charge on any atom is -0.383 e. The summed E-state index contributed by atoms with van der Waals surface area (Å²) in [5.41, 5.74) is 0.0981. The van der Waals surface area contributed by atoms with Crippen LogP contribution in [0.15, 0.2) is 23.1 Å². The second kappa shape index (κ2) is 5.85. The number of primary sulfonamides is 1. The molecule has 0 saturated heterocycles. The maximum atomic E-state index is 13.5. The summed E-state index contributed by atoms with van der Waals surface area (Å²) in [5, 5.41) is 7.55. The van der Waals surface area contributed by atoms with E-state index in [1.807, 2.05) is 0 Å². The van der Waals surface area contributed by atoms with Crippen LogP contribution in [0.5, 0.6) is 0 Å². The predicted molar refractivity (Wildman–Crippen MR) is 70.6 cm³/mol. The van der Waals surface area contributed by atoms with Crippen molar-refractivity contribution in [3.8, 4) is 0 Å². The van der Waals surface area contributed by atoms with Crippen molar-refractivity contribution >= 4 is 25.5 Å². The molecule has 0 bridgehead atoms. The minimum absolute atomic E-state index is 0.00309. The Labute approximate surface area is 111 Å². The van der Waals surface area contributed by atoms with Crippen molar-refractivity contribution in [2.45, 2.75) is 11.3 Å². The van der Waals surface area contributed by atoms with Gasteiger partial charge < -0.3 is 5.32 Å². The van der Waals surface area contributed by atoms with Crippen molar-refractivity contribution in [1.82, 2.24) is 0 Å². The van der Waals surface area contributed by atoms with Gasteiger partial charge in [0.05, 0.1) is 16.3 Å². The lowest BCUT2D eigenvalue weighted by molar-refractivity contribution is 0.592.